The van der Waals surface area contributed by atoms with Crippen molar-refractivity contribution in [1.29, 1.82) is 0 Å². The van der Waals surface area contributed by atoms with Gasteiger partial charge in [0.05, 0.1) is 0 Å². The Kier molecular flexibility index (Phi) is 4.59. The SMILES string of the molecule is CCCCc1ccc(NC2CCc3ccccc3C2)cc1. The fourth-order valence-corrected chi connectivity index (χ4v) is 3.21. The Balaban J connectivity index is 1.60. The van der Waals surface area contributed by atoms with E-state index in [0.717, 1.165) is 6.42 Å². The van der Waals surface area contributed by atoms with E-state index < -0.39 is 0 Å². The third kappa shape index (κ3) is 3.66. The average Bonchev–Trinajstić information content (AvgIpc) is 2.54. The van der Waals surface area contributed by atoms with Gasteiger partial charge in [-0.1, -0.05) is 49.7 Å². The molecular weight excluding hydrogens is 254 g/mol. The van der Waals surface area contributed by atoms with Crippen molar-refractivity contribution >= 4 is 5.69 Å². The molecule has 0 aromatic heterocycles. The first-order valence-electron chi connectivity index (χ1n) is 8.27. The topological polar surface area (TPSA) is 12.0 Å². The first-order valence-corrected chi connectivity index (χ1v) is 8.27. The number of fused-ring (bicyclic) bond motifs is 1. The lowest BCUT2D eigenvalue weighted by Crippen LogP contribution is -2.27. The molecule has 21 heavy (non-hydrogen) atoms. The first kappa shape index (κ1) is 14.2. The number of nitrogens with one attached hydrogen (secondary N) is 1. The molecule has 0 radical (unpaired) electrons. The van der Waals surface area contributed by atoms with Crippen LogP contribution in [0.2, 0.25) is 0 Å². The van der Waals surface area contributed by atoms with E-state index in [0.29, 0.717) is 6.04 Å². The normalized spacial score (nSPS) is 17.3. The molecule has 0 amide bonds. The quantitative estimate of drug-likeness (QED) is 0.812. The molecule has 0 bridgehead atoms. The van der Waals surface area contributed by atoms with Gasteiger partial charge in [-0.15, -0.1) is 0 Å². The second-order valence-corrected chi connectivity index (χ2v) is 6.15. The van der Waals surface area contributed by atoms with Crippen molar-refractivity contribution in [2.24, 2.45) is 0 Å². The van der Waals surface area contributed by atoms with Gasteiger partial charge in [0, 0.05) is 11.7 Å². The Morgan fingerprint density at radius 2 is 1.76 bits per heavy atom. The predicted octanol–water partition coefficient (Wildman–Crippen LogP) is 5.00. The molecule has 1 heteroatoms. The average molecular weight is 279 g/mol. The number of anilines is 1. The van der Waals surface area contributed by atoms with Crippen LogP contribution in [0.15, 0.2) is 48.5 Å². The van der Waals surface area contributed by atoms with Crippen LogP contribution in [0.4, 0.5) is 5.69 Å². The van der Waals surface area contributed by atoms with Crippen LogP contribution in [0.5, 0.6) is 0 Å². The molecule has 0 aliphatic heterocycles. The molecule has 0 saturated heterocycles. The monoisotopic (exact) mass is 279 g/mol. The zero-order valence-electron chi connectivity index (χ0n) is 12.9. The minimum atomic E-state index is 0.571. The van der Waals surface area contributed by atoms with Crippen molar-refractivity contribution in [3.63, 3.8) is 0 Å². The lowest BCUT2D eigenvalue weighted by molar-refractivity contribution is 0.611. The summed E-state index contributed by atoms with van der Waals surface area (Å²) in [7, 11) is 0. The summed E-state index contributed by atoms with van der Waals surface area (Å²) < 4.78 is 0. The molecule has 1 aliphatic carbocycles. The standard InChI is InChI=1S/C20H25N/c1-2-3-6-16-9-12-19(13-10-16)21-20-14-11-17-7-4-5-8-18(17)15-20/h4-5,7-10,12-13,20-21H,2-3,6,11,14-15H2,1H3. The van der Waals surface area contributed by atoms with E-state index in [1.54, 1.807) is 0 Å². The van der Waals surface area contributed by atoms with E-state index >= 15 is 0 Å². The van der Waals surface area contributed by atoms with Crippen LogP contribution in [-0.2, 0) is 19.3 Å². The third-order valence-corrected chi connectivity index (χ3v) is 4.49. The van der Waals surface area contributed by atoms with E-state index in [-0.39, 0.29) is 0 Å². The summed E-state index contributed by atoms with van der Waals surface area (Å²) in [5, 5.41) is 3.71. The highest BCUT2D eigenvalue weighted by atomic mass is 14.9. The zero-order valence-corrected chi connectivity index (χ0v) is 12.9. The number of unbranched alkanes of at least 4 members (excludes halogenated alkanes) is 1. The molecule has 0 fully saturated rings. The van der Waals surface area contributed by atoms with Gasteiger partial charge in [-0.2, -0.15) is 0 Å². The van der Waals surface area contributed by atoms with Gasteiger partial charge in [0.2, 0.25) is 0 Å². The molecule has 1 aliphatic rings. The van der Waals surface area contributed by atoms with E-state index in [1.807, 2.05) is 0 Å². The minimum absolute atomic E-state index is 0.571. The van der Waals surface area contributed by atoms with E-state index in [4.69, 9.17) is 0 Å². The second-order valence-electron chi connectivity index (χ2n) is 6.15. The van der Waals surface area contributed by atoms with Crippen molar-refractivity contribution in [2.45, 2.75) is 51.5 Å². The summed E-state index contributed by atoms with van der Waals surface area (Å²) in [6.45, 7) is 2.25. The smallest absolute Gasteiger partial charge is 0.0342 e. The third-order valence-electron chi connectivity index (χ3n) is 4.49. The Bertz CT molecular complexity index is 571. The fourth-order valence-electron chi connectivity index (χ4n) is 3.21. The van der Waals surface area contributed by atoms with Gasteiger partial charge in [0.15, 0.2) is 0 Å². The van der Waals surface area contributed by atoms with Gasteiger partial charge >= 0.3 is 0 Å². The highest BCUT2D eigenvalue weighted by Gasteiger charge is 2.17. The Morgan fingerprint density at radius 1 is 1.00 bits per heavy atom. The Hall–Kier alpha value is -1.76. The minimum Gasteiger partial charge on any atom is -0.382 e. The molecule has 1 unspecified atom stereocenters. The number of benzene rings is 2. The number of aryl methyl sites for hydroxylation is 2. The van der Waals surface area contributed by atoms with E-state index in [2.05, 4.69) is 60.8 Å². The van der Waals surface area contributed by atoms with Gasteiger partial charge < -0.3 is 5.32 Å². The molecule has 1 atom stereocenters. The molecule has 3 rings (SSSR count). The van der Waals surface area contributed by atoms with E-state index in [9.17, 15) is 0 Å². The summed E-state index contributed by atoms with van der Waals surface area (Å²) in [4.78, 5) is 0. The van der Waals surface area contributed by atoms with Crippen LogP contribution >= 0.6 is 0 Å². The summed E-state index contributed by atoms with van der Waals surface area (Å²) in [5.41, 5.74) is 5.77. The molecule has 2 aromatic carbocycles. The van der Waals surface area contributed by atoms with Gasteiger partial charge in [0.1, 0.15) is 0 Å². The van der Waals surface area contributed by atoms with Gasteiger partial charge in [-0.05, 0) is 60.9 Å². The van der Waals surface area contributed by atoms with Crippen molar-refractivity contribution in [3.8, 4) is 0 Å². The molecule has 0 spiro atoms. The molecule has 0 saturated carbocycles. The summed E-state index contributed by atoms with van der Waals surface area (Å²) in [6.07, 6.45) is 7.33. The molecule has 2 aromatic rings. The Morgan fingerprint density at radius 3 is 2.52 bits per heavy atom. The van der Waals surface area contributed by atoms with Crippen LogP contribution in [-0.4, -0.2) is 6.04 Å². The van der Waals surface area contributed by atoms with Crippen LogP contribution in [0, 0.1) is 0 Å². The van der Waals surface area contributed by atoms with Crippen LogP contribution in [0.3, 0.4) is 0 Å². The summed E-state index contributed by atoms with van der Waals surface area (Å²) in [5.74, 6) is 0. The molecule has 0 heterocycles. The van der Waals surface area contributed by atoms with Crippen LogP contribution < -0.4 is 5.32 Å². The maximum absolute atomic E-state index is 3.71. The van der Waals surface area contributed by atoms with Crippen LogP contribution in [0.1, 0.15) is 42.9 Å². The first-order chi connectivity index (χ1) is 10.3. The van der Waals surface area contributed by atoms with Crippen molar-refractivity contribution < 1.29 is 0 Å². The molecule has 110 valence electrons. The fraction of sp³-hybridized carbons (Fsp3) is 0.400. The second kappa shape index (κ2) is 6.80. The lowest BCUT2D eigenvalue weighted by atomic mass is 9.88. The zero-order chi connectivity index (χ0) is 14.5. The van der Waals surface area contributed by atoms with E-state index in [1.165, 1.54) is 54.5 Å². The summed E-state index contributed by atoms with van der Waals surface area (Å²) in [6, 6.07) is 18.5. The van der Waals surface area contributed by atoms with Gasteiger partial charge in [-0.3, -0.25) is 0 Å². The molecule has 1 N–H and O–H groups in total. The van der Waals surface area contributed by atoms with Gasteiger partial charge in [-0.25, -0.2) is 0 Å². The Labute approximate surface area is 128 Å². The molecule has 1 nitrogen and oxygen atoms in total. The highest BCUT2D eigenvalue weighted by Crippen LogP contribution is 2.24. The van der Waals surface area contributed by atoms with Crippen molar-refractivity contribution in [3.05, 3.63) is 65.2 Å². The van der Waals surface area contributed by atoms with Crippen molar-refractivity contribution in [2.75, 3.05) is 5.32 Å². The van der Waals surface area contributed by atoms with Crippen LogP contribution in [0.25, 0.3) is 0 Å². The lowest BCUT2D eigenvalue weighted by Gasteiger charge is -2.26. The predicted molar refractivity (Wildman–Crippen MR) is 90.9 cm³/mol. The number of hydrogen-bond donors (Lipinski definition) is 1. The molecular formula is C20H25N. The number of rotatable bonds is 5. The van der Waals surface area contributed by atoms with Crippen molar-refractivity contribution in [1.82, 2.24) is 0 Å². The largest absolute Gasteiger partial charge is 0.382 e. The maximum atomic E-state index is 3.71. The number of hydrogen-bond acceptors (Lipinski definition) is 1. The highest BCUT2D eigenvalue weighted by molar-refractivity contribution is 5.46. The summed E-state index contributed by atoms with van der Waals surface area (Å²) >= 11 is 0. The maximum Gasteiger partial charge on any atom is 0.0342 e. The van der Waals surface area contributed by atoms with Gasteiger partial charge in [0.25, 0.3) is 0 Å².